The summed E-state index contributed by atoms with van der Waals surface area (Å²) in [5, 5.41) is 3.31. The topological polar surface area (TPSA) is 30.5 Å². The lowest BCUT2D eigenvalue weighted by Gasteiger charge is -2.13. The summed E-state index contributed by atoms with van der Waals surface area (Å²) in [6.45, 7) is 7.63. The van der Waals surface area contributed by atoms with E-state index in [4.69, 9.17) is 9.47 Å². The molecule has 90 valence electrons. The highest BCUT2D eigenvalue weighted by molar-refractivity contribution is 5.57. The largest absolute Gasteiger partial charge is 0.495 e. The van der Waals surface area contributed by atoms with Crippen LogP contribution in [0, 0.1) is 6.92 Å². The van der Waals surface area contributed by atoms with Crippen LogP contribution in [0.15, 0.2) is 18.2 Å². The lowest BCUT2D eigenvalue weighted by molar-refractivity contribution is 0.0870. The number of ether oxygens (including phenoxy) is 2. The average Bonchev–Trinajstić information content (AvgIpc) is 2.24. The average molecular weight is 223 g/mol. The highest BCUT2D eigenvalue weighted by Crippen LogP contribution is 2.24. The van der Waals surface area contributed by atoms with Gasteiger partial charge >= 0.3 is 0 Å². The zero-order valence-corrected chi connectivity index (χ0v) is 10.5. The van der Waals surface area contributed by atoms with Gasteiger partial charge in [0, 0.05) is 6.54 Å². The molecule has 3 heteroatoms. The predicted octanol–water partition coefficient (Wildman–Crippen LogP) is 2.84. The minimum Gasteiger partial charge on any atom is -0.495 e. The van der Waals surface area contributed by atoms with E-state index in [1.807, 2.05) is 26.0 Å². The van der Waals surface area contributed by atoms with Crippen molar-refractivity contribution in [3.63, 3.8) is 0 Å². The number of nitrogens with one attached hydrogen (secondary N) is 1. The summed E-state index contributed by atoms with van der Waals surface area (Å²) >= 11 is 0. The van der Waals surface area contributed by atoms with E-state index < -0.39 is 0 Å². The molecule has 0 atom stereocenters. The van der Waals surface area contributed by atoms with Gasteiger partial charge in [-0.1, -0.05) is 6.07 Å². The second-order valence-electron chi connectivity index (χ2n) is 4.05. The third-order valence-corrected chi connectivity index (χ3v) is 2.22. The molecular formula is C13H21NO2. The van der Waals surface area contributed by atoms with Gasteiger partial charge in [-0.2, -0.15) is 0 Å². The molecule has 0 aromatic heterocycles. The summed E-state index contributed by atoms with van der Waals surface area (Å²) in [7, 11) is 1.68. The number of methoxy groups -OCH3 is 1. The van der Waals surface area contributed by atoms with Gasteiger partial charge in [-0.05, 0) is 38.5 Å². The molecular weight excluding hydrogens is 202 g/mol. The van der Waals surface area contributed by atoms with Gasteiger partial charge in [-0.15, -0.1) is 0 Å². The van der Waals surface area contributed by atoms with E-state index in [9.17, 15) is 0 Å². The quantitative estimate of drug-likeness (QED) is 0.752. The van der Waals surface area contributed by atoms with E-state index in [0.717, 1.165) is 18.0 Å². The fourth-order valence-electron chi connectivity index (χ4n) is 1.44. The second kappa shape index (κ2) is 6.38. The lowest BCUT2D eigenvalue weighted by Crippen LogP contribution is -2.13. The first-order valence-corrected chi connectivity index (χ1v) is 5.63. The van der Waals surface area contributed by atoms with Crippen LogP contribution in [0.5, 0.6) is 5.75 Å². The van der Waals surface area contributed by atoms with Gasteiger partial charge in [0.2, 0.25) is 0 Å². The van der Waals surface area contributed by atoms with E-state index in [2.05, 4.69) is 18.3 Å². The molecule has 0 aliphatic heterocycles. The monoisotopic (exact) mass is 223 g/mol. The zero-order valence-electron chi connectivity index (χ0n) is 10.5. The lowest BCUT2D eigenvalue weighted by atomic mass is 10.2. The Morgan fingerprint density at radius 2 is 2.06 bits per heavy atom. The summed E-state index contributed by atoms with van der Waals surface area (Å²) in [6.07, 6.45) is 0.279. The summed E-state index contributed by atoms with van der Waals surface area (Å²) in [5.41, 5.74) is 2.24. The molecule has 1 N–H and O–H groups in total. The van der Waals surface area contributed by atoms with Crippen LogP contribution in [0.2, 0.25) is 0 Å². The Bertz CT molecular complexity index is 324. The van der Waals surface area contributed by atoms with Crippen LogP contribution < -0.4 is 10.1 Å². The molecule has 1 aromatic carbocycles. The Labute approximate surface area is 97.8 Å². The highest BCUT2D eigenvalue weighted by Gasteiger charge is 2.02. The normalized spacial score (nSPS) is 10.6. The van der Waals surface area contributed by atoms with Crippen molar-refractivity contribution in [3.05, 3.63) is 23.8 Å². The molecule has 0 unspecified atom stereocenters. The van der Waals surface area contributed by atoms with Crippen LogP contribution in [0.1, 0.15) is 19.4 Å². The van der Waals surface area contributed by atoms with Gasteiger partial charge < -0.3 is 14.8 Å². The standard InChI is InChI=1S/C13H21NO2/c1-10(2)16-8-7-14-12-9-11(3)5-6-13(12)15-4/h5-6,9-10,14H,7-8H2,1-4H3. The molecule has 0 heterocycles. The number of aryl methyl sites for hydroxylation is 1. The molecule has 1 aromatic rings. The Balaban J connectivity index is 2.48. The van der Waals surface area contributed by atoms with Gasteiger partial charge in [0.25, 0.3) is 0 Å². The van der Waals surface area contributed by atoms with Crippen molar-refractivity contribution in [1.29, 1.82) is 0 Å². The third-order valence-electron chi connectivity index (χ3n) is 2.22. The summed E-state index contributed by atoms with van der Waals surface area (Å²) < 4.78 is 10.7. The first kappa shape index (κ1) is 12.8. The number of anilines is 1. The van der Waals surface area contributed by atoms with Crippen molar-refractivity contribution in [2.45, 2.75) is 26.9 Å². The molecule has 0 amide bonds. The molecule has 1 rings (SSSR count). The van der Waals surface area contributed by atoms with Crippen molar-refractivity contribution in [2.75, 3.05) is 25.6 Å². The maximum atomic E-state index is 5.46. The molecule has 0 saturated carbocycles. The van der Waals surface area contributed by atoms with Crippen molar-refractivity contribution in [3.8, 4) is 5.75 Å². The molecule has 0 aliphatic carbocycles. The van der Waals surface area contributed by atoms with Gasteiger partial charge in [0.05, 0.1) is 25.5 Å². The van der Waals surface area contributed by atoms with Crippen LogP contribution in [-0.4, -0.2) is 26.4 Å². The van der Waals surface area contributed by atoms with Crippen LogP contribution >= 0.6 is 0 Å². The Morgan fingerprint density at radius 3 is 2.69 bits per heavy atom. The maximum absolute atomic E-state index is 5.46. The molecule has 0 bridgehead atoms. The second-order valence-corrected chi connectivity index (χ2v) is 4.05. The van der Waals surface area contributed by atoms with Crippen molar-refractivity contribution < 1.29 is 9.47 Å². The smallest absolute Gasteiger partial charge is 0.141 e. The zero-order chi connectivity index (χ0) is 12.0. The highest BCUT2D eigenvalue weighted by atomic mass is 16.5. The molecule has 0 saturated heterocycles. The van der Waals surface area contributed by atoms with Crippen LogP contribution in [0.4, 0.5) is 5.69 Å². The van der Waals surface area contributed by atoms with Gasteiger partial charge in [0.1, 0.15) is 5.75 Å². The summed E-state index contributed by atoms with van der Waals surface area (Å²) in [4.78, 5) is 0. The number of rotatable bonds is 6. The van der Waals surface area contributed by atoms with E-state index in [-0.39, 0.29) is 6.10 Å². The van der Waals surface area contributed by atoms with Crippen LogP contribution in [-0.2, 0) is 4.74 Å². The molecule has 0 spiro atoms. The van der Waals surface area contributed by atoms with E-state index in [1.54, 1.807) is 7.11 Å². The van der Waals surface area contributed by atoms with E-state index in [0.29, 0.717) is 6.61 Å². The molecule has 0 aliphatic rings. The Hall–Kier alpha value is -1.22. The minimum atomic E-state index is 0.279. The maximum Gasteiger partial charge on any atom is 0.141 e. The Kier molecular flexibility index (Phi) is 5.12. The van der Waals surface area contributed by atoms with Crippen LogP contribution in [0.3, 0.4) is 0 Å². The van der Waals surface area contributed by atoms with Gasteiger partial charge in [0.15, 0.2) is 0 Å². The number of hydrogen-bond donors (Lipinski definition) is 1. The molecule has 16 heavy (non-hydrogen) atoms. The first-order valence-electron chi connectivity index (χ1n) is 5.63. The van der Waals surface area contributed by atoms with Gasteiger partial charge in [-0.3, -0.25) is 0 Å². The minimum absolute atomic E-state index is 0.279. The van der Waals surface area contributed by atoms with Gasteiger partial charge in [-0.25, -0.2) is 0 Å². The molecule has 0 fully saturated rings. The Morgan fingerprint density at radius 1 is 1.31 bits per heavy atom. The molecule has 3 nitrogen and oxygen atoms in total. The first-order chi connectivity index (χ1) is 7.63. The SMILES string of the molecule is COc1ccc(C)cc1NCCOC(C)C. The van der Waals surface area contributed by atoms with E-state index >= 15 is 0 Å². The van der Waals surface area contributed by atoms with Crippen molar-refractivity contribution in [1.82, 2.24) is 0 Å². The predicted molar refractivity (Wildman–Crippen MR) is 67.3 cm³/mol. The summed E-state index contributed by atoms with van der Waals surface area (Å²) in [5.74, 6) is 0.871. The van der Waals surface area contributed by atoms with Crippen LogP contribution in [0.25, 0.3) is 0 Å². The summed E-state index contributed by atoms with van der Waals surface area (Å²) in [6, 6.07) is 6.09. The van der Waals surface area contributed by atoms with Crippen molar-refractivity contribution >= 4 is 5.69 Å². The molecule has 0 radical (unpaired) electrons. The number of hydrogen-bond acceptors (Lipinski definition) is 3. The van der Waals surface area contributed by atoms with E-state index in [1.165, 1.54) is 5.56 Å². The fourth-order valence-corrected chi connectivity index (χ4v) is 1.44. The third kappa shape index (κ3) is 4.11. The number of benzene rings is 1. The van der Waals surface area contributed by atoms with Crippen molar-refractivity contribution in [2.24, 2.45) is 0 Å². The fraction of sp³-hybridized carbons (Fsp3) is 0.538.